The first-order valence-corrected chi connectivity index (χ1v) is 13.1. The van der Waals surface area contributed by atoms with Crippen LogP contribution in [0.3, 0.4) is 0 Å². The van der Waals surface area contributed by atoms with Crippen LogP contribution in [-0.2, 0) is 21.8 Å². The monoisotopic (exact) mass is 522 g/mol. The largest absolute Gasteiger partial charge is 0.489 e. The van der Waals surface area contributed by atoms with Crippen molar-refractivity contribution in [1.82, 2.24) is 14.2 Å². The lowest BCUT2D eigenvalue weighted by molar-refractivity contribution is 0.0105. The average Bonchev–Trinajstić information content (AvgIpc) is 3.10. The van der Waals surface area contributed by atoms with E-state index in [1.54, 1.807) is 39.6 Å². The molecule has 2 N–H and O–H groups in total. The second kappa shape index (κ2) is 9.40. The number of hydrogen-bond donors (Lipinski definition) is 2. The minimum absolute atomic E-state index is 0.00982. The van der Waals surface area contributed by atoms with Gasteiger partial charge in [0.1, 0.15) is 16.3 Å². The highest BCUT2D eigenvalue weighted by Crippen LogP contribution is 2.35. The molecule has 0 radical (unpaired) electrons. The summed E-state index contributed by atoms with van der Waals surface area (Å²) in [4.78, 5) is 27.1. The smallest absolute Gasteiger partial charge is 0.410 e. The molecule has 196 valence electrons. The van der Waals surface area contributed by atoms with E-state index in [1.807, 2.05) is 0 Å². The number of aromatic nitrogens is 1. The maximum Gasteiger partial charge on any atom is 0.410 e. The summed E-state index contributed by atoms with van der Waals surface area (Å²) >= 11 is 0. The minimum atomic E-state index is -4.02. The molecule has 2 amide bonds. The number of sulfonamides is 1. The lowest BCUT2D eigenvalue weighted by Gasteiger charge is -2.39. The molecule has 10 nitrogen and oxygen atoms in total. The number of piperidine rings is 1. The zero-order valence-corrected chi connectivity index (χ0v) is 21.7. The number of nitrogens with zero attached hydrogens (tertiary/aromatic N) is 2. The summed E-state index contributed by atoms with van der Waals surface area (Å²) in [6.45, 7) is 7.57. The third-order valence-electron chi connectivity index (χ3n) is 6.16. The number of nitrogens with one attached hydrogen (secondary N) is 2. The fraction of sp³-hybridized carbons (Fsp3) is 0.500. The molecule has 1 aromatic heterocycles. The number of amides is 2. The van der Waals surface area contributed by atoms with Gasteiger partial charge in [-0.05, 0) is 57.9 Å². The molecule has 1 fully saturated rings. The molecule has 12 heteroatoms. The highest BCUT2D eigenvalue weighted by atomic mass is 32.2. The summed E-state index contributed by atoms with van der Waals surface area (Å²) in [6.07, 6.45) is 1.26. The van der Waals surface area contributed by atoms with Crippen molar-refractivity contribution in [2.75, 3.05) is 25.0 Å². The van der Waals surface area contributed by atoms with Crippen LogP contribution in [0.4, 0.5) is 14.9 Å². The Morgan fingerprint density at radius 3 is 2.67 bits per heavy atom. The van der Waals surface area contributed by atoms with Gasteiger partial charge in [0, 0.05) is 44.0 Å². The molecule has 1 aromatic carbocycles. The van der Waals surface area contributed by atoms with Crippen LogP contribution in [0.2, 0.25) is 0 Å². The predicted octanol–water partition coefficient (Wildman–Crippen LogP) is 3.02. The Bertz CT molecular complexity index is 1300. The van der Waals surface area contributed by atoms with E-state index in [0.717, 1.165) is 0 Å². The summed E-state index contributed by atoms with van der Waals surface area (Å²) in [6, 6.07) is 3.70. The van der Waals surface area contributed by atoms with Crippen molar-refractivity contribution in [3.8, 4) is 5.75 Å². The third-order valence-corrected chi connectivity index (χ3v) is 7.64. The standard InChI is InChI=1S/C24H31FN4O6S/c1-14-10-16(6-7-17(14)25)26-22(30)20-21-19(12-28(20)5)36(32,33)27-18-8-9-29(11-15(18)13-34-21)23(31)35-24(2,3)4/h6-7,10,12,15,18,27H,8-9,11,13H2,1-5H3,(H,26,30). The fourth-order valence-electron chi connectivity index (χ4n) is 4.38. The van der Waals surface area contributed by atoms with Gasteiger partial charge in [-0.15, -0.1) is 0 Å². The van der Waals surface area contributed by atoms with Gasteiger partial charge < -0.3 is 24.3 Å². The first kappa shape index (κ1) is 26.0. The fourth-order valence-corrected chi connectivity index (χ4v) is 5.92. The molecule has 0 saturated carbocycles. The van der Waals surface area contributed by atoms with E-state index in [1.165, 1.54) is 29.0 Å². The molecule has 2 unspecified atom stereocenters. The normalized spacial score (nSPS) is 21.3. The highest BCUT2D eigenvalue weighted by molar-refractivity contribution is 7.89. The van der Waals surface area contributed by atoms with Gasteiger partial charge in [-0.1, -0.05) is 0 Å². The summed E-state index contributed by atoms with van der Waals surface area (Å²) in [5.74, 6) is -1.43. The Morgan fingerprint density at radius 2 is 2.00 bits per heavy atom. The second-order valence-electron chi connectivity index (χ2n) is 10.2. The van der Waals surface area contributed by atoms with Gasteiger partial charge in [-0.3, -0.25) is 4.79 Å². The number of carbonyl (C=O) groups is 2. The molecule has 2 aromatic rings. The summed E-state index contributed by atoms with van der Waals surface area (Å²) in [5, 5.41) is 2.68. The maximum absolute atomic E-state index is 13.6. The molecule has 0 spiro atoms. The van der Waals surface area contributed by atoms with Gasteiger partial charge in [0.25, 0.3) is 5.91 Å². The minimum Gasteiger partial charge on any atom is -0.489 e. The van der Waals surface area contributed by atoms with Crippen LogP contribution in [0.15, 0.2) is 29.3 Å². The number of aryl methyl sites for hydroxylation is 2. The van der Waals surface area contributed by atoms with Crippen LogP contribution in [0.5, 0.6) is 5.75 Å². The van der Waals surface area contributed by atoms with Gasteiger partial charge >= 0.3 is 6.09 Å². The number of hydrogen-bond acceptors (Lipinski definition) is 6. The Hall–Kier alpha value is -3.12. The van der Waals surface area contributed by atoms with Crippen molar-refractivity contribution in [2.45, 2.75) is 50.7 Å². The number of halogens is 1. The molecule has 4 rings (SSSR count). The zero-order valence-electron chi connectivity index (χ0n) is 20.9. The zero-order chi connectivity index (χ0) is 26.4. The van der Waals surface area contributed by atoms with Crippen LogP contribution in [-0.4, -0.2) is 61.2 Å². The molecule has 2 aliphatic rings. The van der Waals surface area contributed by atoms with Crippen molar-refractivity contribution in [3.05, 3.63) is 41.5 Å². The van der Waals surface area contributed by atoms with E-state index in [2.05, 4.69) is 10.0 Å². The molecular weight excluding hydrogens is 491 g/mol. The van der Waals surface area contributed by atoms with Gasteiger partial charge in [-0.25, -0.2) is 22.3 Å². The third kappa shape index (κ3) is 5.34. The van der Waals surface area contributed by atoms with E-state index < -0.39 is 39.5 Å². The number of benzene rings is 1. The molecule has 36 heavy (non-hydrogen) atoms. The van der Waals surface area contributed by atoms with E-state index >= 15 is 0 Å². The number of likely N-dealkylation sites (tertiary alicyclic amines) is 1. The molecule has 0 aliphatic carbocycles. The van der Waals surface area contributed by atoms with Crippen LogP contribution in [0.25, 0.3) is 0 Å². The van der Waals surface area contributed by atoms with Crippen LogP contribution in [0.1, 0.15) is 43.2 Å². The number of carbonyl (C=O) groups excluding carboxylic acids is 2. The molecule has 0 bridgehead atoms. The van der Waals surface area contributed by atoms with Gasteiger partial charge in [0.05, 0.1) is 6.61 Å². The Labute approximate surface area is 209 Å². The van der Waals surface area contributed by atoms with Gasteiger partial charge in [0.2, 0.25) is 10.0 Å². The van der Waals surface area contributed by atoms with Crippen molar-refractivity contribution >= 4 is 27.7 Å². The number of fused-ring (bicyclic) bond motifs is 2. The molecule has 2 atom stereocenters. The summed E-state index contributed by atoms with van der Waals surface area (Å²) < 4.78 is 55.7. The molecular formula is C24H31FN4O6S. The van der Waals surface area contributed by atoms with Crippen LogP contribution < -0.4 is 14.8 Å². The quantitative estimate of drug-likeness (QED) is 0.626. The molecule has 2 aliphatic heterocycles. The topological polar surface area (TPSA) is 119 Å². The van der Waals surface area contributed by atoms with E-state index in [4.69, 9.17) is 9.47 Å². The van der Waals surface area contributed by atoms with Crippen LogP contribution >= 0.6 is 0 Å². The van der Waals surface area contributed by atoms with E-state index in [0.29, 0.717) is 24.2 Å². The van der Waals surface area contributed by atoms with E-state index in [9.17, 15) is 22.4 Å². The molecule has 1 saturated heterocycles. The first-order chi connectivity index (χ1) is 16.7. The Kier molecular flexibility index (Phi) is 6.78. The lowest BCUT2D eigenvalue weighted by Crippen LogP contribution is -2.55. The van der Waals surface area contributed by atoms with Crippen molar-refractivity contribution in [3.63, 3.8) is 0 Å². The first-order valence-electron chi connectivity index (χ1n) is 11.6. The van der Waals surface area contributed by atoms with E-state index in [-0.39, 0.29) is 35.4 Å². The highest BCUT2D eigenvalue weighted by Gasteiger charge is 2.40. The predicted molar refractivity (Wildman–Crippen MR) is 130 cm³/mol. The SMILES string of the molecule is Cc1cc(NC(=O)c2c3c(cn2C)S(=O)(=O)NC2CCN(C(=O)OC(C)(C)C)CC2CO3)ccc1F. The summed E-state index contributed by atoms with van der Waals surface area (Å²) in [7, 11) is -2.47. The molecule has 3 heterocycles. The van der Waals surface area contributed by atoms with Gasteiger partial charge in [0.15, 0.2) is 11.4 Å². The number of rotatable bonds is 2. The Balaban J connectivity index is 1.60. The number of anilines is 1. The lowest BCUT2D eigenvalue weighted by atomic mass is 9.94. The number of ether oxygens (including phenoxy) is 2. The van der Waals surface area contributed by atoms with Gasteiger partial charge in [-0.2, -0.15) is 0 Å². The van der Waals surface area contributed by atoms with Crippen molar-refractivity contribution < 1.29 is 31.9 Å². The average molecular weight is 523 g/mol. The Morgan fingerprint density at radius 1 is 1.28 bits per heavy atom. The van der Waals surface area contributed by atoms with Crippen molar-refractivity contribution in [1.29, 1.82) is 0 Å². The second-order valence-corrected chi connectivity index (χ2v) is 11.9. The van der Waals surface area contributed by atoms with Crippen LogP contribution in [0, 0.1) is 18.7 Å². The van der Waals surface area contributed by atoms with Crippen molar-refractivity contribution in [2.24, 2.45) is 13.0 Å². The maximum atomic E-state index is 13.6. The summed E-state index contributed by atoms with van der Waals surface area (Å²) in [5.41, 5.74) is 0.0737.